The van der Waals surface area contributed by atoms with Crippen LogP contribution < -0.4 is 10.2 Å². The van der Waals surface area contributed by atoms with Crippen molar-refractivity contribution >= 4 is 23.1 Å². The van der Waals surface area contributed by atoms with Crippen molar-refractivity contribution in [3.8, 4) is 5.00 Å². The summed E-state index contributed by atoms with van der Waals surface area (Å²) in [7, 11) is 1.90. The van der Waals surface area contributed by atoms with Crippen molar-refractivity contribution in [3.63, 3.8) is 0 Å². The third kappa shape index (κ3) is 2.69. The Morgan fingerprint density at radius 1 is 1.10 bits per heavy atom. The Balaban J connectivity index is 2.03. The first-order valence-corrected chi connectivity index (χ1v) is 7.87. The molecule has 20 heavy (non-hydrogen) atoms. The van der Waals surface area contributed by atoms with Gasteiger partial charge >= 0.3 is 5.62 Å². The van der Waals surface area contributed by atoms with Crippen LogP contribution in [0.2, 0.25) is 0 Å². The van der Waals surface area contributed by atoms with Gasteiger partial charge < -0.3 is 0 Å². The van der Waals surface area contributed by atoms with Gasteiger partial charge in [-0.1, -0.05) is 30.0 Å². The van der Waals surface area contributed by atoms with Gasteiger partial charge in [-0.25, -0.2) is 4.57 Å². The Morgan fingerprint density at radius 2 is 1.90 bits per heavy atom. The summed E-state index contributed by atoms with van der Waals surface area (Å²) in [6.45, 7) is 0. The zero-order chi connectivity index (χ0) is 13.9. The molecule has 0 radical (unpaired) electrons. The fourth-order valence-corrected chi connectivity index (χ4v) is 3.54. The smallest absolute Gasteiger partial charge is 0.237 e. The van der Waals surface area contributed by atoms with Crippen molar-refractivity contribution in [2.24, 2.45) is 7.05 Å². The van der Waals surface area contributed by atoms with E-state index >= 15 is 0 Å². The lowest BCUT2D eigenvalue weighted by molar-refractivity contribution is -0.695. The van der Waals surface area contributed by atoms with Crippen LogP contribution in [0.1, 0.15) is 0 Å². The first-order valence-electron chi connectivity index (χ1n) is 6.18. The van der Waals surface area contributed by atoms with Crippen molar-refractivity contribution in [2.75, 3.05) is 0 Å². The molecule has 100 valence electrons. The van der Waals surface area contributed by atoms with Crippen molar-refractivity contribution in [1.29, 1.82) is 5.41 Å². The quantitative estimate of drug-likeness (QED) is 0.741. The van der Waals surface area contributed by atoms with Gasteiger partial charge in [-0.05, 0) is 29.6 Å². The van der Waals surface area contributed by atoms with E-state index < -0.39 is 0 Å². The molecular weight excluding hydrogens is 286 g/mol. The number of aromatic nitrogens is 2. The molecule has 3 nitrogen and oxygen atoms in total. The second kappa shape index (κ2) is 5.64. The summed E-state index contributed by atoms with van der Waals surface area (Å²) in [5.74, 6) is 0. The third-order valence-corrected chi connectivity index (χ3v) is 4.68. The summed E-state index contributed by atoms with van der Waals surface area (Å²) in [5.41, 5.74) is 0.463. The fourth-order valence-electron chi connectivity index (χ4n) is 1.90. The molecule has 2 aromatic heterocycles. The standard InChI is InChI=1S/C15H14N3S2/c1-17-10-13(20-12-6-3-2-4-7-12)11-18(15(17)16)14-8-5-9-19-14/h2-11,16H,1H3/q+1. The highest BCUT2D eigenvalue weighted by molar-refractivity contribution is 7.99. The Bertz CT molecular complexity index is 762. The van der Waals surface area contributed by atoms with E-state index in [-0.39, 0.29) is 0 Å². The van der Waals surface area contributed by atoms with E-state index in [0.717, 1.165) is 9.90 Å². The van der Waals surface area contributed by atoms with Gasteiger partial charge in [0.15, 0.2) is 5.00 Å². The molecule has 3 rings (SSSR count). The third-order valence-electron chi connectivity index (χ3n) is 2.86. The van der Waals surface area contributed by atoms with Crippen LogP contribution in [-0.4, -0.2) is 4.57 Å². The number of nitrogens with zero attached hydrogens (tertiary/aromatic N) is 2. The lowest BCUT2D eigenvalue weighted by Crippen LogP contribution is -2.50. The van der Waals surface area contributed by atoms with Crippen LogP contribution in [0.5, 0.6) is 0 Å². The maximum absolute atomic E-state index is 8.17. The summed E-state index contributed by atoms with van der Waals surface area (Å²) in [5, 5.41) is 11.3. The zero-order valence-electron chi connectivity index (χ0n) is 11.0. The van der Waals surface area contributed by atoms with E-state index in [1.54, 1.807) is 23.1 Å². The van der Waals surface area contributed by atoms with Crippen LogP contribution in [0.25, 0.3) is 5.00 Å². The highest BCUT2D eigenvalue weighted by Gasteiger charge is 2.11. The number of aryl methyl sites for hydroxylation is 1. The molecule has 0 unspecified atom stereocenters. The number of rotatable bonds is 3. The highest BCUT2D eigenvalue weighted by atomic mass is 32.2. The van der Waals surface area contributed by atoms with Crippen molar-refractivity contribution in [3.05, 3.63) is 65.9 Å². The Labute approximate surface area is 125 Å². The van der Waals surface area contributed by atoms with Gasteiger partial charge in [0.2, 0.25) is 0 Å². The van der Waals surface area contributed by atoms with Gasteiger partial charge in [0.25, 0.3) is 0 Å². The van der Waals surface area contributed by atoms with Crippen LogP contribution in [-0.2, 0) is 7.05 Å². The lowest BCUT2D eigenvalue weighted by atomic mass is 10.4. The highest BCUT2D eigenvalue weighted by Crippen LogP contribution is 2.26. The molecule has 0 aliphatic heterocycles. The van der Waals surface area contributed by atoms with E-state index in [0.29, 0.717) is 5.62 Å². The number of thiophene rings is 1. The number of hydrogen-bond donors (Lipinski definition) is 1. The van der Waals surface area contributed by atoms with Crippen LogP contribution in [0.15, 0.2) is 70.0 Å². The molecule has 1 aromatic carbocycles. The SMILES string of the molecule is C[n+]1cc(Sc2ccccc2)cn(-c2cccs2)c1=N. The van der Waals surface area contributed by atoms with E-state index in [9.17, 15) is 0 Å². The molecule has 5 heteroatoms. The van der Waals surface area contributed by atoms with Crippen LogP contribution in [0, 0.1) is 5.41 Å². The zero-order valence-corrected chi connectivity index (χ0v) is 12.6. The summed E-state index contributed by atoms with van der Waals surface area (Å²) in [4.78, 5) is 2.31. The minimum atomic E-state index is 0.463. The van der Waals surface area contributed by atoms with Gasteiger partial charge in [0.1, 0.15) is 0 Å². The predicted molar refractivity (Wildman–Crippen MR) is 81.2 cm³/mol. The molecule has 0 aliphatic rings. The Morgan fingerprint density at radius 3 is 2.60 bits per heavy atom. The summed E-state index contributed by atoms with van der Waals surface area (Å²) in [6.07, 6.45) is 4.01. The molecule has 0 aliphatic carbocycles. The number of benzene rings is 1. The van der Waals surface area contributed by atoms with E-state index in [1.807, 2.05) is 64.3 Å². The van der Waals surface area contributed by atoms with Crippen molar-refractivity contribution in [1.82, 2.24) is 4.57 Å². The lowest BCUT2D eigenvalue weighted by Gasteiger charge is -2.05. The molecule has 0 amide bonds. The van der Waals surface area contributed by atoms with Crippen molar-refractivity contribution < 1.29 is 4.57 Å². The molecule has 0 saturated heterocycles. The van der Waals surface area contributed by atoms with Crippen molar-refractivity contribution in [2.45, 2.75) is 9.79 Å². The summed E-state index contributed by atoms with van der Waals surface area (Å²) >= 11 is 3.34. The average Bonchev–Trinajstić information content (AvgIpc) is 2.98. The predicted octanol–water partition coefficient (Wildman–Crippen LogP) is 2.99. The molecule has 3 aromatic rings. The van der Waals surface area contributed by atoms with Crippen LogP contribution >= 0.6 is 23.1 Å². The Hall–Kier alpha value is -1.85. The molecule has 2 heterocycles. The van der Waals surface area contributed by atoms with Crippen LogP contribution in [0.3, 0.4) is 0 Å². The first-order chi connectivity index (χ1) is 9.74. The maximum atomic E-state index is 8.17. The normalized spacial score (nSPS) is 10.7. The van der Waals surface area contributed by atoms with Gasteiger partial charge in [-0.15, -0.1) is 16.7 Å². The minimum absolute atomic E-state index is 0.463. The molecule has 0 atom stereocenters. The monoisotopic (exact) mass is 300 g/mol. The summed E-state index contributed by atoms with van der Waals surface area (Å²) < 4.78 is 3.75. The fraction of sp³-hybridized carbons (Fsp3) is 0.0667. The minimum Gasteiger partial charge on any atom is -0.237 e. The number of hydrogen-bond acceptors (Lipinski definition) is 3. The number of nitrogens with one attached hydrogen (secondary N) is 1. The molecule has 0 fully saturated rings. The molecule has 1 N–H and O–H groups in total. The van der Waals surface area contributed by atoms with E-state index in [2.05, 4.69) is 12.1 Å². The largest absolute Gasteiger partial charge is 0.396 e. The van der Waals surface area contributed by atoms with Gasteiger partial charge in [0, 0.05) is 4.90 Å². The first kappa shape index (κ1) is 13.1. The second-order valence-corrected chi connectivity index (χ2v) is 6.40. The maximum Gasteiger partial charge on any atom is 0.396 e. The van der Waals surface area contributed by atoms with E-state index in [4.69, 9.17) is 5.41 Å². The topological polar surface area (TPSA) is 32.7 Å². The molecule has 0 saturated carbocycles. The van der Waals surface area contributed by atoms with Gasteiger partial charge in [0.05, 0.1) is 24.3 Å². The van der Waals surface area contributed by atoms with Gasteiger partial charge in [-0.2, -0.15) is 4.57 Å². The molecule has 0 spiro atoms. The molecule has 0 bridgehead atoms. The summed E-state index contributed by atoms with van der Waals surface area (Å²) in [6, 6.07) is 14.3. The average molecular weight is 300 g/mol. The second-order valence-electron chi connectivity index (χ2n) is 4.33. The van der Waals surface area contributed by atoms with E-state index in [1.165, 1.54) is 4.90 Å². The Kier molecular flexibility index (Phi) is 3.71. The van der Waals surface area contributed by atoms with Gasteiger partial charge in [-0.3, -0.25) is 0 Å². The van der Waals surface area contributed by atoms with Crippen LogP contribution in [0.4, 0.5) is 0 Å². The molecular formula is C15H14N3S2+.